The topological polar surface area (TPSA) is 9.23 Å². The van der Waals surface area contributed by atoms with Crippen LogP contribution in [0.4, 0.5) is 0 Å². The number of methoxy groups -OCH3 is 1. The molecule has 2 rings (SSSR count). The summed E-state index contributed by atoms with van der Waals surface area (Å²) in [5.74, 6) is 1.58. The minimum absolute atomic E-state index is 0.785. The van der Waals surface area contributed by atoms with Gasteiger partial charge in [-0.2, -0.15) is 0 Å². The van der Waals surface area contributed by atoms with Crippen LogP contribution in [-0.2, 0) is 11.2 Å². The second-order valence-corrected chi connectivity index (χ2v) is 6.37. The van der Waals surface area contributed by atoms with E-state index in [0.29, 0.717) is 0 Å². The zero-order valence-electron chi connectivity index (χ0n) is 13.2. The van der Waals surface area contributed by atoms with Gasteiger partial charge in [0.15, 0.2) is 0 Å². The second kappa shape index (κ2) is 8.46. The van der Waals surface area contributed by atoms with Gasteiger partial charge in [-0.15, -0.1) is 0 Å². The first-order chi connectivity index (χ1) is 9.83. The maximum absolute atomic E-state index is 5.28. The molecule has 1 aliphatic rings. The van der Waals surface area contributed by atoms with Crippen LogP contribution in [0.3, 0.4) is 0 Å². The molecule has 0 aromatic heterocycles. The van der Waals surface area contributed by atoms with E-state index in [1.807, 2.05) is 7.11 Å². The third-order valence-electron chi connectivity index (χ3n) is 4.77. The number of aryl methyl sites for hydroxylation is 1. The Balaban J connectivity index is 1.81. The average Bonchev–Trinajstić information content (AvgIpc) is 2.49. The summed E-state index contributed by atoms with van der Waals surface area (Å²) in [5, 5.41) is 0. The zero-order valence-corrected chi connectivity index (χ0v) is 13.2. The van der Waals surface area contributed by atoms with E-state index in [9.17, 15) is 0 Å². The number of ether oxygens (including phenoxy) is 1. The van der Waals surface area contributed by atoms with Gasteiger partial charge in [0.2, 0.25) is 0 Å². The summed E-state index contributed by atoms with van der Waals surface area (Å²) < 4.78 is 5.28. The fourth-order valence-electron chi connectivity index (χ4n) is 3.43. The lowest BCUT2D eigenvalue weighted by atomic mass is 9.79. The molecule has 1 aliphatic carbocycles. The van der Waals surface area contributed by atoms with E-state index in [4.69, 9.17) is 4.74 Å². The summed E-state index contributed by atoms with van der Waals surface area (Å²) in [7, 11) is 1.82. The summed E-state index contributed by atoms with van der Waals surface area (Å²) >= 11 is 0. The van der Waals surface area contributed by atoms with E-state index in [2.05, 4.69) is 31.2 Å². The number of rotatable bonds is 7. The van der Waals surface area contributed by atoms with Crippen molar-refractivity contribution < 1.29 is 4.74 Å². The molecule has 0 spiro atoms. The normalized spacial score (nSPS) is 22.9. The standard InChI is InChI=1S/C19H30O/c1-3-4-5-6-16-7-11-18(12-8-16)19-13-9-17(10-14-19)15-20-2/h7-8,11-12,17,19H,3-6,9-10,13-15H2,1-2H3. The zero-order chi connectivity index (χ0) is 14.2. The average molecular weight is 274 g/mol. The van der Waals surface area contributed by atoms with Gasteiger partial charge in [-0.25, -0.2) is 0 Å². The summed E-state index contributed by atoms with van der Waals surface area (Å²) in [6, 6.07) is 9.46. The lowest BCUT2D eigenvalue weighted by Gasteiger charge is -2.28. The van der Waals surface area contributed by atoms with Crippen molar-refractivity contribution in [1.29, 1.82) is 0 Å². The Morgan fingerprint density at radius 1 is 1.00 bits per heavy atom. The molecule has 1 fully saturated rings. The number of benzene rings is 1. The van der Waals surface area contributed by atoms with Crippen LogP contribution in [0.2, 0.25) is 0 Å². The Bertz CT molecular complexity index is 360. The molecular weight excluding hydrogens is 244 g/mol. The Kier molecular flexibility index (Phi) is 6.59. The van der Waals surface area contributed by atoms with Crippen molar-refractivity contribution in [3.63, 3.8) is 0 Å². The summed E-state index contributed by atoms with van der Waals surface area (Å²) in [6.45, 7) is 3.21. The molecule has 0 aliphatic heterocycles. The molecule has 1 saturated carbocycles. The molecule has 20 heavy (non-hydrogen) atoms. The molecular formula is C19H30O. The molecule has 0 radical (unpaired) electrons. The molecule has 0 unspecified atom stereocenters. The Morgan fingerprint density at radius 3 is 2.30 bits per heavy atom. The molecule has 1 heteroatoms. The fourth-order valence-corrected chi connectivity index (χ4v) is 3.43. The van der Waals surface area contributed by atoms with Gasteiger partial charge in [0, 0.05) is 13.7 Å². The van der Waals surface area contributed by atoms with E-state index < -0.39 is 0 Å². The number of unbranched alkanes of at least 4 members (excludes halogenated alkanes) is 2. The largest absolute Gasteiger partial charge is 0.384 e. The predicted molar refractivity (Wildman–Crippen MR) is 86.2 cm³/mol. The predicted octanol–water partition coefficient (Wildman–Crippen LogP) is 5.34. The Labute approximate surface area is 124 Å². The van der Waals surface area contributed by atoms with Crippen LogP contribution < -0.4 is 0 Å². The highest BCUT2D eigenvalue weighted by atomic mass is 16.5. The lowest BCUT2D eigenvalue weighted by Crippen LogP contribution is -2.17. The van der Waals surface area contributed by atoms with Crippen LogP contribution in [0.5, 0.6) is 0 Å². The second-order valence-electron chi connectivity index (χ2n) is 6.37. The number of hydrogen-bond acceptors (Lipinski definition) is 1. The van der Waals surface area contributed by atoms with Crippen molar-refractivity contribution >= 4 is 0 Å². The van der Waals surface area contributed by atoms with Gasteiger partial charge >= 0.3 is 0 Å². The molecule has 1 nitrogen and oxygen atoms in total. The molecule has 0 N–H and O–H groups in total. The van der Waals surface area contributed by atoms with Crippen LogP contribution in [0.15, 0.2) is 24.3 Å². The summed E-state index contributed by atoms with van der Waals surface area (Å²) in [6.07, 6.45) is 10.6. The summed E-state index contributed by atoms with van der Waals surface area (Å²) in [5.41, 5.74) is 3.07. The van der Waals surface area contributed by atoms with Crippen molar-refractivity contribution in [3.05, 3.63) is 35.4 Å². The van der Waals surface area contributed by atoms with E-state index in [0.717, 1.165) is 18.4 Å². The monoisotopic (exact) mass is 274 g/mol. The van der Waals surface area contributed by atoms with Crippen molar-refractivity contribution in [3.8, 4) is 0 Å². The first-order valence-electron chi connectivity index (χ1n) is 8.41. The van der Waals surface area contributed by atoms with Gasteiger partial charge in [-0.05, 0) is 61.5 Å². The minimum Gasteiger partial charge on any atom is -0.384 e. The molecule has 0 saturated heterocycles. The Hall–Kier alpha value is -0.820. The Morgan fingerprint density at radius 2 is 1.70 bits per heavy atom. The van der Waals surface area contributed by atoms with Crippen LogP contribution in [0.1, 0.15) is 68.9 Å². The van der Waals surface area contributed by atoms with Gasteiger partial charge in [-0.3, -0.25) is 0 Å². The van der Waals surface area contributed by atoms with Gasteiger partial charge in [0.25, 0.3) is 0 Å². The molecule has 0 atom stereocenters. The maximum atomic E-state index is 5.28. The molecule has 1 aromatic rings. The van der Waals surface area contributed by atoms with E-state index >= 15 is 0 Å². The smallest absolute Gasteiger partial charge is 0.0490 e. The first kappa shape index (κ1) is 15.6. The highest BCUT2D eigenvalue weighted by Crippen LogP contribution is 2.35. The van der Waals surface area contributed by atoms with Crippen LogP contribution in [-0.4, -0.2) is 13.7 Å². The van der Waals surface area contributed by atoms with Crippen molar-refractivity contribution in [2.75, 3.05) is 13.7 Å². The van der Waals surface area contributed by atoms with Crippen LogP contribution in [0.25, 0.3) is 0 Å². The molecule has 0 bridgehead atoms. The quantitative estimate of drug-likeness (QED) is 0.610. The molecule has 112 valence electrons. The highest BCUT2D eigenvalue weighted by molar-refractivity contribution is 5.25. The van der Waals surface area contributed by atoms with Crippen molar-refractivity contribution in [1.82, 2.24) is 0 Å². The van der Waals surface area contributed by atoms with E-state index in [-0.39, 0.29) is 0 Å². The lowest BCUT2D eigenvalue weighted by molar-refractivity contribution is 0.127. The van der Waals surface area contributed by atoms with Gasteiger partial charge in [0.1, 0.15) is 0 Å². The van der Waals surface area contributed by atoms with Crippen molar-refractivity contribution in [2.45, 2.75) is 64.2 Å². The van der Waals surface area contributed by atoms with E-state index in [1.54, 1.807) is 5.56 Å². The van der Waals surface area contributed by atoms with Crippen molar-refractivity contribution in [2.24, 2.45) is 5.92 Å². The highest BCUT2D eigenvalue weighted by Gasteiger charge is 2.22. The van der Waals surface area contributed by atoms with Gasteiger partial charge in [0.05, 0.1) is 0 Å². The SMILES string of the molecule is CCCCCc1ccc(C2CCC(COC)CC2)cc1. The van der Waals surface area contributed by atoms with Crippen LogP contribution in [0, 0.1) is 5.92 Å². The molecule has 1 aromatic carbocycles. The van der Waals surface area contributed by atoms with Gasteiger partial charge < -0.3 is 4.74 Å². The minimum atomic E-state index is 0.785. The first-order valence-corrected chi connectivity index (χ1v) is 8.41. The molecule has 0 heterocycles. The fraction of sp³-hybridized carbons (Fsp3) is 0.684. The molecule has 0 amide bonds. The maximum Gasteiger partial charge on any atom is 0.0490 e. The van der Waals surface area contributed by atoms with Crippen LogP contribution >= 0.6 is 0 Å². The van der Waals surface area contributed by atoms with E-state index in [1.165, 1.54) is 56.9 Å². The third kappa shape index (κ3) is 4.63. The third-order valence-corrected chi connectivity index (χ3v) is 4.77. The number of hydrogen-bond donors (Lipinski definition) is 0. The summed E-state index contributed by atoms with van der Waals surface area (Å²) in [4.78, 5) is 0. The van der Waals surface area contributed by atoms with Gasteiger partial charge in [-0.1, -0.05) is 44.0 Å².